The van der Waals surface area contributed by atoms with Gasteiger partial charge in [-0.05, 0) is 6.08 Å². The van der Waals surface area contributed by atoms with Crippen molar-refractivity contribution in [3.8, 4) is 0 Å². The molecular weight excluding hydrogens is 150 g/mol. The summed E-state index contributed by atoms with van der Waals surface area (Å²) in [7, 11) is 0. The van der Waals surface area contributed by atoms with E-state index in [0.717, 1.165) is 6.08 Å². The van der Waals surface area contributed by atoms with Gasteiger partial charge in [-0.1, -0.05) is 6.58 Å². The van der Waals surface area contributed by atoms with E-state index in [9.17, 15) is 4.79 Å². The normalized spacial score (nSPS) is 5.60. The molecule has 0 unspecified atom stereocenters. The summed E-state index contributed by atoms with van der Waals surface area (Å²) in [6.45, 7) is 3.09. The monoisotopic (exact) mass is 159 g/mol. The number of amides is 1. The number of carbonyl (C=O) groups is 2. The number of nitrogens with two attached hydrogens (primary N) is 1. The van der Waals surface area contributed by atoms with Gasteiger partial charge in [0.25, 0.3) is 0 Å². The zero-order chi connectivity index (χ0) is 7.86. The number of rotatable bonds is 1. The molecule has 4 N–H and O–H groups in total. The Labute approximate surface area is 73.7 Å². The molecule has 0 spiro atoms. The molecular formula is C4H9MgNO4. The van der Waals surface area contributed by atoms with Gasteiger partial charge < -0.3 is 15.9 Å². The summed E-state index contributed by atoms with van der Waals surface area (Å²) in [6, 6.07) is 0. The van der Waals surface area contributed by atoms with E-state index in [4.69, 9.17) is 15.0 Å². The van der Waals surface area contributed by atoms with Crippen LogP contribution in [0.1, 0.15) is 0 Å². The van der Waals surface area contributed by atoms with Crippen LogP contribution in [0.4, 0.5) is 4.79 Å². The van der Waals surface area contributed by atoms with Crippen molar-refractivity contribution >= 4 is 35.1 Å². The van der Waals surface area contributed by atoms with Crippen molar-refractivity contribution in [1.29, 1.82) is 0 Å². The van der Waals surface area contributed by atoms with Crippen LogP contribution in [0.15, 0.2) is 12.7 Å². The van der Waals surface area contributed by atoms with Crippen LogP contribution in [0.5, 0.6) is 0 Å². The Bertz CT molecular complexity index is 120. The molecule has 10 heavy (non-hydrogen) atoms. The second kappa shape index (κ2) is 11.1. The fraction of sp³-hybridized carbons (Fsp3) is 0. The zero-order valence-electron chi connectivity index (χ0n) is 4.57. The first-order valence-corrected chi connectivity index (χ1v) is 1.84. The molecule has 0 bridgehead atoms. The maximum absolute atomic E-state index is 9.47. The van der Waals surface area contributed by atoms with Crippen LogP contribution in [-0.2, 0) is 4.79 Å². The third-order valence-electron chi connectivity index (χ3n) is 0.201. The fourth-order valence-electron chi connectivity index (χ4n) is 0. The highest BCUT2D eigenvalue weighted by atomic mass is 24.3. The highest BCUT2D eigenvalue weighted by Gasteiger charge is 1.70. The summed E-state index contributed by atoms with van der Waals surface area (Å²) in [5.41, 5.74) is 4.53. The maximum atomic E-state index is 9.47. The molecule has 0 aromatic carbocycles. The summed E-state index contributed by atoms with van der Waals surface area (Å²) in [5, 5.41) is 13.9. The quantitative estimate of drug-likeness (QED) is 0.336. The van der Waals surface area contributed by atoms with Gasteiger partial charge in [0.15, 0.2) is 0 Å². The van der Waals surface area contributed by atoms with Crippen molar-refractivity contribution in [2.45, 2.75) is 0 Å². The summed E-state index contributed by atoms with van der Waals surface area (Å²) in [4.78, 5) is 18.0. The summed E-state index contributed by atoms with van der Waals surface area (Å²) in [6.07, 6.45) is -0.778. The third kappa shape index (κ3) is 182. The molecule has 0 aliphatic rings. The van der Waals surface area contributed by atoms with Crippen LogP contribution < -0.4 is 5.73 Å². The van der Waals surface area contributed by atoms with Crippen LogP contribution in [-0.4, -0.2) is 45.3 Å². The van der Waals surface area contributed by atoms with E-state index in [1.54, 1.807) is 0 Å². The smallest absolute Gasteiger partial charge is 0.450 e. The number of primary amides is 1. The lowest BCUT2D eigenvalue weighted by Crippen LogP contribution is -2.04. The molecule has 0 aromatic heterocycles. The first-order chi connectivity index (χ1) is 4.00. The second-order valence-electron chi connectivity index (χ2n) is 0.889. The zero-order valence-corrected chi connectivity index (χ0v) is 4.57. The SMILES string of the molecule is C=CC(N)=O.O=C(O)O.[MgH2]. The van der Waals surface area contributed by atoms with E-state index in [0.29, 0.717) is 0 Å². The number of carbonyl (C=O) groups excluding carboxylic acids is 1. The van der Waals surface area contributed by atoms with Gasteiger partial charge >= 0.3 is 29.2 Å². The standard InChI is InChI=1S/C3H5NO.CH2O3.Mg.2H/c1-2-3(4)5;2-1(3)4;;;/h2H,1H2,(H2,4,5);(H2,2,3,4);;;. The second-order valence-corrected chi connectivity index (χ2v) is 0.889. The predicted molar refractivity (Wildman–Crippen MR) is 38.6 cm³/mol. The number of carboxylic acid groups (broad SMARTS) is 2. The molecule has 6 heteroatoms. The van der Waals surface area contributed by atoms with Crippen LogP contribution in [0, 0.1) is 0 Å². The van der Waals surface area contributed by atoms with E-state index in [-0.39, 0.29) is 23.1 Å². The fourth-order valence-corrected chi connectivity index (χ4v) is 0. The molecule has 1 amide bonds. The Hall–Kier alpha value is -0.754. The van der Waals surface area contributed by atoms with Crippen LogP contribution in [0.25, 0.3) is 0 Å². The van der Waals surface area contributed by atoms with E-state index in [1.807, 2.05) is 0 Å². The first kappa shape index (κ1) is 16.1. The lowest BCUT2D eigenvalue weighted by Gasteiger charge is -1.65. The minimum Gasteiger partial charge on any atom is -0.450 e. The van der Waals surface area contributed by atoms with Crippen LogP contribution >= 0.6 is 0 Å². The Morgan fingerprint density at radius 1 is 1.40 bits per heavy atom. The molecule has 0 saturated heterocycles. The van der Waals surface area contributed by atoms with Gasteiger partial charge in [-0.3, -0.25) is 4.79 Å². The van der Waals surface area contributed by atoms with Gasteiger partial charge in [-0.2, -0.15) is 0 Å². The third-order valence-corrected chi connectivity index (χ3v) is 0.201. The molecule has 56 valence electrons. The largest absolute Gasteiger partial charge is 0.503 e. The molecule has 0 radical (unpaired) electrons. The van der Waals surface area contributed by atoms with Gasteiger partial charge in [0.2, 0.25) is 5.91 Å². The average Bonchev–Trinajstić information content (AvgIpc) is 1.65. The minimum absolute atomic E-state index is 0. The molecule has 5 nitrogen and oxygen atoms in total. The predicted octanol–water partition coefficient (Wildman–Crippen LogP) is -1.04. The number of hydrogen-bond donors (Lipinski definition) is 3. The highest BCUT2D eigenvalue weighted by Crippen LogP contribution is 1.48. The summed E-state index contributed by atoms with van der Waals surface area (Å²) in [5.74, 6) is -0.481. The first-order valence-electron chi connectivity index (χ1n) is 1.84. The summed E-state index contributed by atoms with van der Waals surface area (Å²) < 4.78 is 0. The molecule has 0 aromatic rings. The van der Waals surface area contributed by atoms with Crippen molar-refractivity contribution < 1.29 is 19.8 Å². The van der Waals surface area contributed by atoms with Gasteiger partial charge in [0, 0.05) is 0 Å². The molecule has 0 atom stereocenters. The van der Waals surface area contributed by atoms with E-state index < -0.39 is 12.1 Å². The minimum atomic E-state index is -1.83. The van der Waals surface area contributed by atoms with E-state index >= 15 is 0 Å². The Morgan fingerprint density at radius 3 is 1.50 bits per heavy atom. The maximum Gasteiger partial charge on any atom is 0.503 e. The topological polar surface area (TPSA) is 101 Å². The lowest BCUT2D eigenvalue weighted by molar-refractivity contribution is -0.113. The highest BCUT2D eigenvalue weighted by molar-refractivity contribution is 5.84. The van der Waals surface area contributed by atoms with E-state index in [2.05, 4.69) is 12.3 Å². The van der Waals surface area contributed by atoms with Crippen molar-refractivity contribution in [3.63, 3.8) is 0 Å². The van der Waals surface area contributed by atoms with Crippen molar-refractivity contribution in [2.75, 3.05) is 0 Å². The molecule has 0 rings (SSSR count). The van der Waals surface area contributed by atoms with E-state index in [1.165, 1.54) is 0 Å². The molecule has 0 aliphatic heterocycles. The number of hydrogen-bond acceptors (Lipinski definition) is 2. The van der Waals surface area contributed by atoms with Crippen molar-refractivity contribution in [3.05, 3.63) is 12.7 Å². The Balaban J connectivity index is -0.0000000910. The molecule has 0 fully saturated rings. The van der Waals surface area contributed by atoms with Gasteiger partial charge in [-0.15, -0.1) is 0 Å². The van der Waals surface area contributed by atoms with Crippen LogP contribution in [0.2, 0.25) is 0 Å². The van der Waals surface area contributed by atoms with Crippen molar-refractivity contribution in [2.24, 2.45) is 5.73 Å². The van der Waals surface area contributed by atoms with Gasteiger partial charge in [0.05, 0.1) is 0 Å². The average molecular weight is 159 g/mol. The Morgan fingerprint density at radius 2 is 1.50 bits per heavy atom. The molecule has 0 aliphatic carbocycles. The molecule has 0 saturated carbocycles. The van der Waals surface area contributed by atoms with Crippen LogP contribution in [0.3, 0.4) is 0 Å². The molecule has 0 heterocycles. The van der Waals surface area contributed by atoms with Gasteiger partial charge in [-0.25, -0.2) is 4.79 Å². The van der Waals surface area contributed by atoms with Crippen molar-refractivity contribution in [1.82, 2.24) is 0 Å². The lowest BCUT2D eigenvalue weighted by atomic mass is 10.6. The Kier molecular flexibility index (Phi) is 17.9. The summed E-state index contributed by atoms with van der Waals surface area (Å²) >= 11 is 0. The van der Waals surface area contributed by atoms with Gasteiger partial charge in [0.1, 0.15) is 0 Å².